The number of rotatable bonds is 5. The molecule has 1 N–H and O–H groups in total. The minimum atomic E-state index is -3.52. The van der Waals surface area contributed by atoms with E-state index in [1.165, 1.54) is 41.3 Å². The lowest BCUT2D eigenvalue weighted by molar-refractivity contribution is 0.101. The zero-order valence-electron chi connectivity index (χ0n) is 15.2. The van der Waals surface area contributed by atoms with Crippen molar-refractivity contribution < 1.29 is 17.6 Å². The molecule has 0 fully saturated rings. The fourth-order valence-corrected chi connectivity index (χ4v) is 4.37. The van der Waals surface area contributed by atoms with E-state index in [9.17, 15) is 17.6 Å². The first-order valence-electron chi connectivity index (χ1n) is 7.99. The van der Waals surface area contributed by atoms with Crippen molar-refractivity contribution >= 4 is 43.7 Å². The van der Waals surface area contributed by atoms with Gasteiger partial charge in [-0.3, -0.25) is 9.48 Å². The van der Waals surface area contributed by atoms with E-state index >= 15 is 0 Å². The van der Waals surface area contributed by atoms with Crippen LogP contribution in [0.25, 0.3) is 0 Å². The molecular weight excluding hydrogens is 427 g/mol. The van der Waals surface area contributed by atoms with Gasteiger partial charge in [0.25, 0.3) is 5.91 Å². The van der Waals surface area contributed by atoms with Gasteiger partial charge < -0.3 is 5.32 Å². The Balaban J connectivity index is 1.80. The summed E-state index contributed by atoms with van der Waals surface area (Å²) in [7, 11) is -2.03. The van der Waals surface area contributed by atoms with Crippen LogP contribution in [-0.4, -0.2) is 35.3 Å². The quantitative estimate of drug-likeness (QED) is 0.654. The first-order valence-corrected chi connectivity index (χ1v) is 11.1. The van der Waals surface area contributed by atoms with Crippen LogP contribution in [0.2, 0.25) is 5.02 Å². The lowest BCUT2D eigenvalue weighted by Crippen LogP contribution is -2.15. The van der Waals surface area contributed by atoms with Crippen molar-refractivity contribution in [1.29, 1.82) is 0 Å². The van der Waals surface area contributed by atoms with Crippen LogP contribution in [0.4, 0.5) is 9.39 Å². The normalized spacial score (nSPS) is 11.6. The molecular formula is C17H16ClFN4O3S2. The summed E-state index contributed by atoms with van der Waals surface area (Å²) in [5, 5.41) is 7.89. The van der Waals surface area contributed by atoms with Crippen molar-refractivity contribution in [3.63, 3.8) is 0 Å². The van der Waals surface area contributed by atoms with Crippen LogP contribution in [-0.2, 0) is 23.3 Å². The van der Waals surface area contributed by atoms with E-state index in [4.69, 9.17) is 11.6 Å². The highest BCUT2D eigenvalue weighted by molar-refractivity contribution is 7.90. The molecule has 0 spiro atoms. The van der Waals surface area contributed by atoms with Crippen molar-refractivity contribution in [1.82, 2.24) is 14.8 Å². The Kier molecular flexibility index (Phi) is 5.55. The highest BCUT2D eigenvalue weighted by Crippen LogP contribution is 2.27. The second-order valence-electron chi connectivity index (χ2n) is 6.19. The van der Waals surface area contributed by atoms with Gasteiger partial charge in [-0.15, -0.1) is 11.3 Å². The molecule has 0 aliphatic carbocycles. The van der Waals surface area contributed by atoms with Crippen molar-refractivity contribution in [3.8, 4) is 0 Å². The molecule has 2 aromatic heterocycles. The lowest BCUT2D eigenvalue weighted by atomic mass is 10.1. The van der Waals surface area contributed by atoms with Gasteiger partial charge in [0, 0.05) is 30.8 Å². The summed E-state index contributed by atoms with van der Waals surface area (Å²) in [4.78, 5) is 16.9. The van der Waals surface area contributed by atoms with E-state index in [1.807, 2.05) is 0 Å². The van der Waals surface area contributed by atoms with E-state index in [0.29, 0.717) is 32.7 Å². The third-order valence-corrected chi connectivity index (χ3v) is 6.07. The summed E-state index contributed by atoms with van der Waals surface area (Å²) in [6, 6.07) is 5.48. The molecule has 0 saturated carbocycles. The first kappa shape index (κ1) is 20.4. The Labute approximate surface area is 170 Å². The van der Waals surface area contributed by atoms with Crippen LogP contribution in [0.1, 0.15) is 26.8 Å². The van der Waals surface area contributed by atoms with Crippen LogP contribution in [0.5, 0.6) is 0 Å². The number of hydrogen-bond acceptors (Lipinski definition) is 6. The van der Waals surface area contributed by atoms with Gasteiger partial charge in [0.15, 0.2) is 14.9 Å². The van der Waals surface area contributed by atoms with E-state index in [-0.39, 0.29) is 10.7 Å². The van der Waals surface area contributed by atoms with Crippen LogP contribution in [0.15, 0.2) is 29.3 Å². The molecule has 3 aromatic rings. The van der Waals surface area contributed by atoms with E-state index in [1.54, 1.807) is 13.0 Å². The van der Waals surface area contributed by atoms with E-state index < -0.39 is 21.6 Å². The van der Waals surface area contributed by atoms with Gasteiger partial charge in [-0.2, -0.15) is 5.10 Å². The van der Waals surface area contributed by atoms with Crippen molar-refractivity contribution in [2.45, 2.75) is 18.4 Å². The van der Waals surface area contributed by atoms with Crippen LogP contribution >= 0.6 is 22.9 Å². The maximum absolute atomic E-state index is 13.5. The molecule has 7 nitrogen and oxygen atoms in total. The highest BCUT2D eigenvalue weighted by atomic mass is 35.5. The van der Waals surface area contributed by atoms with Gasteiger partial charge in [-0.25, -0.2) is 17.8 Å². The second-order valence-corrected chi connectivity index (χ2v) is 9.68. The lowest BCUT2D eigenvalue weighted by Gasteiger charge is -2.03. The Morgan fingerprint density at radius 3 is 2.64 bits per heavy atom. The zero-order valence-corrected chi connectivity index (χ0v) is 17.5. The summed E-state index contributed by atoms with van der Waals surface area (Å²) < 4.78 is 37.9. The van der Waals surface area contributed by atoms with Gasteiger partial charge in [0.2, 0.25) is 0 Å². The summed E-state index contributed by atoms with van der Waals surface area (Å²) in [6.07, 6.45) is 1.39. The molecule has 11 heteroatoms. The topological polar surface area (TPSA) is 93.9 Å². The van der Waals surface area contributed by atoms with Gasteiger partial charge >= 0.3 is 0 Å². The van der Waals surface area contributed by atoms with Crippen LogP contribution in [0.3, 0.4) is 0 Å². The third-order valence-electron chi connectivity index (χ3n) is 3.82. The Morgan fingerprint density at radius 2 is 2.04 bits per heavy atom. The molecule has 28 heavy (non-hydrogen) atoms. The van der Waals surface area contributed by atoms with Gasteiger partial charge in [-0.05, 0) is 30.7 Å². The number of sulfone groups is 1. The number of benzene rings is 1. The molecule has 1 amide bonds. The summed E-state index contributed by atoms with van der Waals surface area (Å²) in [5.74, 6) is -0.931. The molecule has 0 atom stereocenters. The van der Waals surface area contributed by atoms with Gasteiger partial charge in [-0.1, -0.05) is 11.6 Å². The van der Waals surface area contributed by atoms with E-state index in [2.05, 4.69) is 15.4 Å². The predicted molar refractivity (Wildman–Crippen MR) is 105 cm³/mol. The predicted octanol–water partition coefficient (Wildman–Crippen LogP) is 3.22. The fourth-order valence-electron chi connectivity index (χ4n) is 2.53. The van der Waals surface area contributed by atoms with Gasteiger partial charge in [0.05, 0.1) is 10.7 Å². The minimum Gasteiger partial charge on any atom is -0.311 e. The minimum absolute atomic E-state index is 0.103. The highest BCUT2D eigenvalue weighted by Gasteiger charge is 2.20. The third kappa shape index (κ3) is 4.57. The average Bonchev–Trinajstić information content (AvgIpc) is 3.09. The van der Waals surface area contributed by atoms with Crippen molar-refractivity contribution in [2.24, 2.45) is 7.05 Å². The standard InChI is InChI=1S/C17H16ClFN4O3S2/c1-9-17(21-16(24)13-8-15(22-23(13)2)28(3,25)26)27-14(20-9)6-10-4-11(18)7-12(19)5-10/h4-5,7-8H,6H2,1-3H3,(H,21,24). The molecule has 1 aromatic carbocycles. The van der Waals surface area contributed by atoms with Crippen molar-refractivity contribution in [2.75, 3.05) is 11.6 Å². The number of halogens is 2. The number of hydrogen-bond donors (Lipinski definition) is 1. The van der Waals surface area contributed by atoms with Gasteiger partial charge in [0.1, 0.15) is 16.5 Å². The molecule has 0 radical (unpaired) electrons. The first-order chi connectivity index (χ1) is 13.0. The molecule has 0 unspecified atom stereocenters. The molecule has 0 aliphatic heterocycles. The number of nitrogens with one attached hydrogen (secondary N) is 1. The fraction of sp³-hybridized carbons (Fsp3) is 0.235. The average molecular weight is 443 g/mol. The summed E-state index contributed by atoms with van der Waals surface area (Å²) >= 11 is 7.12. The van der Waals surface area contributed by atoms with Crippen molar-refractivity contribution in [3.05, 3.63) is 57.1 Å². The van der Waals surface area contributed by atoms with E-state index in [0.717, 1.165) is 6.26 Å². The zero-order chi connectivity index (χ0) is 20.6. The Hall–Kier alpha value is -2.30. The Morgan fingerprint density at radius 1 is 1.32 bits per heavy atom. The number of carbonyl (C=O) groups excluding carboxylic acids is 1. The molecule has 2 heterocycles. The maximum Gasteiger partial charge on any atom is 0.274 e. The van der Waals surface area contributed by atoms with Crippen LogP contribution < -0.4 is 5.32 Å². The number of thiazole rings is 1. The summed E-state index contributed by atoms with van der Waals surface area (Å²) in [5.41, 5.74) is 1.37. The number of carbonyl (C=O) groups is 1. The van der Waals surface area contributed by atoms with Crippen LogP contribution in [0, 0.1) is 12.7 Å². The summed E-state index contributed by atoms with van der Waals surface area (Å²) in [6.45, 7) is 1.74. The molecule has 3 rings (SSSR count). The number of anilines is 1. The molecule has 148 valence electrons. The maximum atomic E-state index is 13.5. The molecule has 0 aliphatic rings. The number of amides is 1. The monoisotopic (exact) mass is 442 g/mol. The molecule has 0 saturated heterocycles. The number of nitrogens with zero attached hydrogens (tertiary/aromatic N) is 3. The number of aromatic nitrogens is 3. The molecule has 0 bridgehead atoms. The smallest absolute Gasteiger partial charge is 0.274 e. The largest absolute Gasteiger partial charge is 0.311 e. The SMILES string of the molecule is Cc1nc(Cc2cc(F)cc(Cl)c2)sc1NC(=O)c1cc(S(C)(=O)=O)nn1C. The Bertz CT molecular complexity index is 1150. The number of aryl methyl sites for hydroxylation is 2. The second kappa shape index (κ2) is 7.61.